The molecule has 0 bridgehead atoms. The highest BCUT2D eigenvalue weighted by Crippen LogP contribution is 2.31. The van der Waals surface area contributed by atoms with Crippen LogP contribution in [0.15, 0.2) is 53.4 Å². The van der Waals surface area contributed by atoms with Gasteiger partial charge in [0.2, 0.25) is 11.8 Å². The minimum absolute atomic E-state index is 0.104. The minimum atomic E-state index is 0.104. The van der Waals surface area contributed by atoms with Gasteiger partial charge in [-0.2, -0.15) is 0 Å². The molecule has 4 rings (SSSR count). The Morgan fingerprint density at radius 2 is 1.96 bits per heavy atom. The minimum Gasteiger partial charge on any atom is -0.326 e. The van der Waals surface area contributed by atoms with E-state index in [1.807, 2.05) is 47.4 Å². The third-order valence-corrected chi connectivity index (χ3v) is 5.58. The van der Waals surface area contributed by atoms with Gasteiger partial charge in [0, 0.05) is 28.7 Å². The molecule has 2 aliphatic rings. The van der Waals surface area contributed by atoms with Crippen molar-refractivity contribution < 1.29 is 9.59 Å². The molecule has 1 aliphatic heterocycles. The fourth-order valence-corrected chi connectivity index (χ4v) is 3.90. The summed E-state index contributed by atoms with van der Waals surface area (Å²) in [7, 11) is 0. The largest absolute Gasteiger partial charge is 0.326 e. The van der Waals surface area contributed by atoms with Gasteiger partial charge >= 0.3 is 0 Å². The zero-order valence-corrected chi connectivity index (χ0v) is 14.7. The molecule has 128 valence electrons. The molecule has 4 nitrogen and oxygen atoms in total. The molecule has 1 N–H and O–H groups in total. The van der Waals surface area contributed by atoms with Crippen LogP contribution in [0.25, 0.3) is 0 Å². The zero-order valence-electron chi connectivity index (χ0n) is 13.9. The first-order chi connectivity index (χ1) is 12.2. The van der Waals surface area contributed by atoms with Gasteiger partial charge < -0.3 is 10.2 Å². The number of nitrogens with zero attached hydrogens (tertiary/aromatic N) is 1. The van der Waals surface area contributed by atoms with E-state index < -0.39 is 0 Å². The summed E-state index contributed by atoms with van der Waals surface area (Å²) in [4.78, 5) is 27.3. The van der Waals surface area contributed by atoms with E-state index in [9.17, 15) is 9.59 Å². The normalized spacial score (nSPS) is 15.8. The summed E-state index contributed by atoms with van der Waals surface area (Å²) in [6.45, 7) is 0.760. The number of hydrogen-bond donors (Lipinski definition) is 1. The number of fused-ring (bicyclic) bond motifs is 1. The predicted octanol–water partition coefficient (Wildman–Crippen LogP) is 3.72. The molecule has 5 heteroatoms. The molecule has 0 aromatic heterocycles. The Labute approximate surface area is 151 Å². The van der Waals surface area contributed by atoms with Gasteiger partial charge in [0.25, 0.3) is 0 Å². The fourth-order valence-electron chi connectivity index (χ4n) is 3.07. The lowest BCUT2D eigenvalue weighted by molar-refractivity contribution is -0.117. The van der Waals surface area contributed by atoms with E-state index in [4.69, 9.17) is 0 Å². The quantitative estimate of drug-likeness (QED) is 0.835. The number of carbonyl (C=O) groups excluding carboxylic acids is 2. The van der Waals surface area contributed by atoms with Gasteiger partial charge in [0.1, 0.15) is 0 Å². The highest BCUT2D eigenvalue weighted by atomic mass is 32.2. The SMILES string of the molecule is O=C(Nc1cccc(SCC(=O)N2CCc3ccccc32)c1)C1CC1. The molecule has 1 saturated carbocycles. The highest BCUT2D eigenvalue weighted by molar-refractivity contribution is 8.00. The van der Waals surface area contributed by atoms with Crippen molar-refractivity contribution in [2.24, 2.45) is 5.92 Å². The predicted molar refractivity (Wildman–Crippen MR) is 101 cm³/mol. The van der Waals surface area contributed by atoms with E-state index in [2.05, 4.69) is 11.4 Å². The average Bonchev–Trinajstić information content (AvgIpc) is 3.39. The van der Waals surface area contributed by atoms with Crippen LogP contribution in [0.5, 0.6) is 0 Å². The monoisotopic (exact) mass is 352 g/mol. The Morgan fingerprint density at radius 1 is 1.12 bits per heavy atom. The lowest BCUT2D eigenvalue weighted by Gasteiger charge is -2.17. The average molecular weight is 352 g/mol. The number of benzene rings is 2. The number of nitrogens with one attached hydrogen (secondary N) is 1. The molecule has 25 heavy (non-hydrogen) atoms. The molecule has 0 radical (unpaired) electrons. The maximum Gasteiger partial charge on any atom is 0.237 e. The second-order valence-corrected chi connectivity index (χ2v) is 7.55. The van der Waals surface area contributed by atoms with Crippen LogP contribution in [0.1, 0.15) is 18.4 Å². The first-order valence-corrected chi connectivity index (χ1v) is 9.61. The lowest BCUT2D eigenvalue weighted by atomic mass is 10.2. The van der Waals surface area contributed by atoms with Gasteiger partial charge in [-0.1, -0.05) is 24.3 Å². The molecular weight excluding hydrogens is 332 g/mol. The van der Waals surface area contributed by atoms with Crippen molar-refractivity contribution in [2.75, 3.05) is 22.5 Å². The third-order valence-electron chi connectivity index (χ3n) is 4.60. The van der Waals surface area contributed by atoms with Crippen molar-refractivity contribution in [3.63, 3.8) is 0 Å². The van der Waals surface area contributed by atoms with Gasteiger partial charge in [-0.15, -0.1) is 11.8 Å². The Balaban J connectivity index is 1.36. The summed E-state index contributed by atoms with van der Waals surface area (Å²) < 4.78 is 0. The number of para-hydroxylation sites is 1. The molecule has 2 aromatic rings. The molecule has 0 atom stereocenters. The summed E-state index contributed by atoms with van der Waals surface area (Å²) in [5.41, 5.74) is 3.09. The van der Waals surface area contributed by atoms with Gasteiger partial charge in [0.15, 0.2) is 0 Å². The third kappa shape index (κ3) is 3.71. The van der Waals surface area contributed by atoms with Gasteiger partial charge in [0.05, 0.1) is 5.75 Å². The summed E-state index contributed by atoms with van der Waals surface area (Å²) in [6, 6.07) is 15.8. The van der Waals surface area contributed by atoms with Crippen LogP contribution >= 0.6 is 11.8 Å². The summed E-state index contributed by atoms with van der Waals surface area (Å²) >= 11 is 1.51. The molecule has 0 saturated heterocycles. The second kappa shape index (κ2) is 6.92. The van der Waals surface area contributed by atoms with Gasteiger partial charge in [-0.25, -0.2) is 0 Å². The van der Waals surface area contributed by atoms with E-state index >= 15 is 0 Å². The zero-order chi connectivity index (χ0) is 17.2. The van der Waals surface area contributed by atoms with Crippen molar-refractivity contribution in [3.8, 4) is 0 Å². The topological polar surface area (TPSA) is 49.4 Å². The van der Waals surface area contributed by atoms with Crippen molar-refractivity contribution in [1.82, 2.24) is 0 Å². The maximum atomic E-state index is 12.6. The molecular formula is C20H20N2O2S. The number of hydrogen-bond acceptors (Lipinski definition) is 3. The first-order valence-electron chi connectivity index (χ1n) is 8.63. The molecule has 2 amide bonds. The van der Waals surface area contributed by atoms with Crippen molar-refractivity contribution in [3.05, 3.63) is 54.1 Å². The number of thioether (sulfide) groups is 1. The van der Waals surface area contributed by atoms with E-state index in [-0.39, 0.29) is 17.7 Å². The lowest BCUT2D eigenvalue weighted by Crippen LogP contribution is -2.30. The summed E-state index contributed by atoms with van der Waals surface area (Å²) in [5.74, 6) is 0.816. The number of carbonyl (C=O) groups is 2. The van der Waals surface area contributed by atoms with Crippen LogP contribution in [0.4, 0.5) is 11.4 Å². The Kier molecular flexibility index (Phi) is 4.49. The number of amides is 2. The molecule has 1 fully saturated rings. The van der Waals surface area contributed by atoms with E-state index in [0.717, 1.165) is 42.1 Å². The van der Waals surface area contributed by atoms with Crippen molar-refractivity contribution in [1.29, 1.82) is 0 Å². The van der Waals surface area contributed by atoms with Crippen molar-refractivity contribution in [2.45, 2.75) is 24.2 Å². The smallest absolute Gasteiger partial charge is 0.237 e. The van der Waals surface area contributed by atoms with E-state index in [1.54, 1.807) is 0 Å². The summed E-state index contributed by atoms with van der Waals surface area (Å²) in [5, 5.41) is 2.95. The Bertz CT molecular complexity index is 817. The first kappa shape index (κ1) is 16.2. The van der Waals surface area contributed by atoms with Crippen LogP contribution in [0.2, 0.25) is 0 Å². The Hall–Kier alpha value is -2.27. The van der Waals surface area contributed by atoms with E-state index in [0.29, 0.717) is 5.75 Å². The molecule has 1 aliphatic carbocycles. The molecule has 1 heterocycles. The number of anilines is 2. The molecule has 0 spiro atoms. The highest BCUT2D eigenvalue weighted by Gasteiger charge is 2.29. The van der Waals surface area contributed by atoms with Gasteiger partial charge in [-0.3, -0.25) is 9.59 Å². The van der Waals surface area contributed by atoms with Gasteiger partial charge in [-0.05, 0) is 49.1 Å². The van der Waals surface area contributed by atoms with Crippen molar-refractivity contribution >= 4 is 35.0 Å². The second-order valence-electron chi connectivity index (χ2n) is 6.50. The van der Waals surface area contributed by atoms with Crippen LogP contribution in [0.3, 0.4) is 0 Å². The van der Waals surface area contributed by atoms with E-state index in [1.165, 1.54) is 17.3 Å². The standard InChI is InChI=1S/C20H20N2O2S/c23-19(22-11-10-14-4-1-2-7-18(14)22)13-25-17-6-3-5-16(12-17)21-20(24)15-8-9-15/h1-7,12,15H,8-11,13H2,(H,21,24). The number of rotatable bonds is 5. The van der Waals surface area contributed by atoms with Crippen LogP contribution in [-0.2, 0) is 16.0 Å². The fraction of sp³-hybridized carbons (Fsp3) is 0.300. The van der Waals surface area contributed by atoms with Crippen LogP contribution < -0.4 is 10.2 Å². The van der Waals surface area contributed by atoms with Crippen LogP contribution in [-0.4, -0.2) is 24.1 Å². The summed E-state index contributed by atoms with van der Waals surface area (Å²) in [6.07, 6.45) is 2.91. The Morgan fingerprint density at radius 3 is 2.80 bits per heavy atom. The van der Waals surface area contributed by atoms with Crippen LogP contribution in [0, 0.1) is 5.92 Å². The maximum absolute atomic E-state index is 12.6. The molecule has 2 aromatic carbocycles. The molecule has 0 unspecified atom stereocenters.